The fourth-order valence-corrected chi connectivity index (χ4v) is 3.75. The lowest BCUT2D eigenvalue weighted by molar-refractivity contribution is -0.127. The average molecular weight is 393 g/mol. The van der Waals surface area contributed by atoms with Crippen LogP contribution in [0.3, 0.4) is 0 Å². The van der Waals surface area contributed by atoms with Crippen LogP contribution >= 0.6 is 0 Å². The Morgan fingerprint density at radius 1 is 1.14 bits per heavy atom. The molecule has 0 aliphatic carbocycles. The van der Waals surface area contributed by atoms with E-state index < -0.39 is 11.6 Å². The molecule has 6 heteroatoms. The summed E-state index contributed by atoms with van der Waals surface area (Å²) in [6.07, 6.45) is 6.80. The summed E-state index contributed by atoms with van der Waals surface area (Å²) in [5.41, 5.74) is 3.13. The molecule has 0 saturated carbocycles. The summed E-state index contributed by atoms with van der Waals surface area (Å²) in [5, 5.41) is 7.12. The molecule has 0 spiro atoms. The highest BCUT2D eigenvalue weighted by Crippen LogP contribution is 2.33. The number of piperidine rings is 1. The van der Waals surface area contributed by atoms with Crippen molar-refractivity contribution in [2.24, 2.45) is 0 Å². The maximum atomic E-state index is 13.7. The van der Waals surface area contributed by atoms with Crippen molar-refractivity contribution >= 4 is 12.0 Å². The molecule has 148 valence electrons. The van der Waals surface area contributed by atoms with Crippen molar-refractivity contribution < 1.29 is 13.6 Å². The Labute approximate surface area is 167 Å². The van der Waals surface area contributed by atoms with Gasteiger partial charge in [-0.05, 0) is 42.2 Å². The van der Waals surface area contributed by atoms with Gasteiger partial charge in [-0.15, -0.1) is 0 Å². The van der Waals surface area contributed by atoms with E-state index in [2.05, 4.69) is 10.2 Å². The van der Waals surface area contributed by atoms with E-state index in [0.29, 0.717) is 18.7 Å². The highest BCUT2D eigenvalue weighted by molar-refractivity contribution is 5.91. The van der Waals surface area contributed by atoms with Crippen molar-refractivity contribution in [1.82, 2.24) is 15.1 Å². The number of likely N-dealkylation sites (tertiary alicyclic amines) is 1. The van der Waals surface area contributed by atoms with Gasteiger partial charge in [0.15, 0.2) is 11.6 Å². The fraction of sp³-hybridized carbons (Fsp3) is 0.217. The van der Waals surface area contributed by atoms with Gasteiger partial charge in [0, 0.05) is 36.3 Å². The number of benzene rings is 2. The third-order valence-corrected chi connectivity index (χ3v) is 5.26. The molecule has 1 aliphatic rings. The number of aromatic nitrogens is 2. The van der Waals surface area contributed by atoms with Gasteiger partial charge in [0.2, 0.25) is 5.91 Å². The Hall–Kier alpha value is -3.28. The lowest BCUT2D eigenvalue weighted by Gasteiger charge is -2.32. The van der Waals surface area contributed by atoms with E-state index in [9.17, 15) is 13.6 Å². The van der Waals surface area contributed by atoms with Crippen molar-refractivity contribution in [2.45, 2.75) is 18.8 Å². The van der Waals surface area contributed by atoms with Crippen molar-refractivity contribution in [2.75, 3.05) is 13.1 Å². The monoisotopic (exact) mass is 393 g/mol. The van der Waals surface area contributed by atoms with Gasteiger partial charge < -0.3 is 4.90 Å². The molecule has 2 heterocycles. The van der Waals surface area contributed by atoms with Gasteiger partial charge in [0.1, 0.15) is 0 Å². The number of hydrogen-bond acceptors (Lipinski definition) is 2. The van der Waals surface area contributed by atoms with Crippen LogP contribution in [-0.4, -0.2) is 34.1 Å². The van der Waals surface area contributed by atoms with Gasteiger partial charge >= 0.3 is 0 Å². The zero-order valence-electron chi connectivity index (χ0n) is 15.8. The summed E-state index contributed by atoms with van der Waals surface area (Å²) in [6, 6.07) is 13.5. The van der Waals surface area contributed by atoms with Crippen LogP contribution in [0.5, 0.6) is 0 Å². The predicted octanol–water partition coefficient (Wildman–Crippen LogP) is 4.77. The number of rotatable bonds is 4. The number of aromatic amines is 1. The van der Waals surface area contributed by atoms with Crippen molar-refractivity contribution in [3.63, 3.8) is 0 Å². The quantitative estimate of drug-likeness (QED) is 0.649. The Morgan fingerprint density at radius 2 is 1.97 bits per heavy atom. The summed E-state index contributed by atoms with van der Waals surface area (Å²) in [4.78, 5) is 14.5. The molecule has 2 aromatic carbocycles. The molecule has 1 amide bonds. The maximum absolute atomic E-state index is 13.7. The molecular formula is C23H21F2N3O. The smallest absolute Gasteiger partial charge is 0.246 e. The van der Waals surface area contributed by atoms with E-state index in [-0.39, 0.29) is 11.8 Å². The average Bonchev–Trinajstić information content (AvgIpc) is 3.25. The molecule has 1 fully saturated rings. The maximum Gasteiger partial charge on any atom is 0.246 e. The number of amides is 1. The summed E-state index contributed by atoms with van der Waals surface area (Å²) in [7, 11) is 0. The first kappa shape index (κ1) is 19.1. The Bertz CT molecular complexity index is 1030. The van der Waals surface area contributed by atoms with Gasteiger partial charge in [-0.2, -0.15) is 5.10 Å². The van der Waals surface area contributed by atoms with Crippen molar-refractivity contribution in [1.29, 1.82) is 0 Å². The van der Waals surface area contributed by atoms with Gasteiger partial charge in [-0.25, -0.2) is 8.78 Å². The molecule has 1 aromatic heterocycles. The Kier molecular flexibility index (Phi) is 5.51. The minimum absolute atomic E-state index is 0.0348. The van der Waals surface area contributed by atoms with Crippen LogP contribution in [0.2, 0.25) is 0 Å². The summed E-state index contributed by atoms with van der Waals surface area (Å²) in [6.45, 7) is 1.25. The van der Waals surface area contributed by atoms with Crippen LogP contribution in [-0.2, 0) is 4.79 Å². The fourth-order valence-electron chi connectivity index (χ4n) is 3.75. The van der Waals surface area contributed by atoms with Crippen LogP contribution in [0.25, 0.3) is 17.2 Å². The van der Waals surface area contributed by atoms with E-state index in [1.165, 1.54) is 6.07 Å². The lowest BCUT2D eigenvalue weighted by atomic mass is 9.90. The summed E-state index contributed by atoms with van der Waals surface area (Å²) in [5.74, 6) is -1.74. The third-order valence-electron chi connectivity index (χ3n) is 5.26. The highest BCUT2D eigenvalue weighted by atomic mass is 19.2. The zero-order valence-corrected chi connectivity index (χ0v) is 15.8. The van der Waals surface area contributed by atoms with E-state index in [4.69, 9.17) is 0 Å². The van der Waals surface area contributed by atoms with Gasteiger partial charge in [-0.3, -0.25) is 9.89 Å². The number of carbonyl (C=O) groups excluding carboxylic acids is 1. The first-order chi connectivity index (χ1) is 14.1. The van der Waals surface area contributed by atoms with Gasteiger partial charge in [0.25, 0.3) is 0 Å². The number of nitrogens with zero attached hydrogens (tertiary/aromatic N) is 2. The lowest BCUT2D eigenvalue weighted by Crippen LogP contribution is -2.38. The van der Waals surface area contributed by atoms with E-state index in [0.717, 1.165) is 35.7 Å². The predicted molar refractivity (Wildman–Crippen MR) is 108 cm³/mol. The van der Waals surface area contributed by atoms with Gasteiger partial charge in [-0.1, -0.05) is 36.4 Å². The zero-order chi connectivity index (χ0) is 20.2. The summed E-state index contributed by atoms with van der Waals surface area (Å²) < 4.78 is 27.0. The van der Waals surface area contributed by atoms with Crippen LogP contribution in [0.1, 0.15) is 30.0 Å². The van der Waals surface area contributed by atoms with Gasteiger partial charge in [0.05, 0.1) is 6.20 Å². The van der Waals surface area contributed by atoms with Crippen molar-refractivity contribution in [3.8, 4) is 11.1 Å². The second-order valence-electron chi connectivity index (χ2n) is 7.19. The molecule has 4 rings (SSSR count). The van der Waals surface area contributed by atoms with Crippen LogP contribution in [0.4, 0.5) is 8.78 Å². The first-order valence-corrected chi connectivity index (χ1v) is 9.62. The molecular weight excluding hydrogens is 372 g/mol. The second kappa shape index (κ2) is 8.39. The SMILES string of the molecule is O=C(C=Cc1ccccc1)N1CCCC(c2[nH]ncc2-c2ccc(F)c(F)c2)C1. The van der Waals surface area contributed by atoms with E-state index >= 15 is 0 Å². The normalized spacial score (nSPS) is 17.0. The summed E-state index contributed by atoms with van der Waals surface area (Å²) >= 11 is 0. The number of nitrogens with one attached hydrogen (secondary N) is 1. The van der Waals surface area contributed by atoms with Crippen LogP contribution in [0.15, 0.2) is 60.8 Å². The number of hydrogen-bond donors (Lipinski definition) is 1. The molecule has 0 radical (unpaired) electrons. The number of carbonyl (C=O) groups is 1. The van der Waals surface area contributed by atoms with Crippen molar-refractivity contribution in [3.05, 3.63) is 83.7 Å². The Morgan fingerprint density at radius 3 is 2.76 bits per heavy atom. The standard InChI is InChI=1S/C23H21F2N3O/c24-20-10-9-17(13-21(20)25)19-14-26-27-23(19)18-7-4-12-28(15-18)22(29)11-8-16-5-2-1-3-6-16/h1-3,5-6,8-11,13-14,18H,4,7,12,15H2,(H,26,27). The van der Waals surface area contributed by atoms with Crippen LogP contribution in [0, 0.1) is 11.6 Å². The highest BCUT2D eigenvalue weighted by Gasteiger charge is 2.27. The molecule has 1 N–H and O–H groups in total. The third kappa shape index (κ3) is 4.26. The molecule has 1 atom stereocenters. The van der Waals surface area contributed by atoms with Crippen LogP contribution < -0.4 is 0 Å². The van der Waals surface area contributed by atoms with E-state index in [1.807, 2.05) is 41.3 Å². The largest absolute Gasteiger partial charge is 0.338 e. The molecule has 4 nitrogen and oxygen atoms in total. The molecule has 0 bridgehead atoms. The topological polar surface area (TPSA) is 49.0 Å². The number of halogens is 2. The van der Waals surface area contributed by atoms with E-state index in [1.54, 1.807) is 18.3 Å². The first-order valence-electron chi connectivity index (χ1n) is 9.62. The second-order valence-corrected chi connectivity index (χ2v) is 7.19. The number of H-pyrrole nitrogens is 1. The molecule has 29 heavy (non-hydrogen) atoms. The minimum Gasteiger partial charge on any atom is -0.338 e. The Balaban J connectivity index is 1.51. The molecule has 1 saturated heterocycles. The minimum atomic E-state index is -0.888. The molecule has 1 aliphatic heterocycles. The molecule has 3 aromatic rings. The molecule has 1 unspecified atom stereocenters.